The number of rotatable bonds is 27. The number of aldehydes is 1. The number of amides is 2. The van der Waals surface area contributed by atoms with Crippen molar-refractivity contribution in [1.82, 2.24) is 50.5 Å². The van der Waals surface area contributed by atoms with Crippen LogP contribution in [0.5, 0.6) is 11.5 Å². The molecule has 0 spiro atoms. The monoisotopic (exact) mass is 1920 g/mol. The zero-order chi connectivity index (χ0) is 104. The van der Waals surface area contributed by atoms with Crippen LogP contribution >= 0.6 is 0 Å². The molecule has 0 saturated carbocycles. The Bertz CT molecular complexity index is 5220. The highest BCUT2D eigenvalue weighted by atomic mass is 28.4. The number of hydrogen-bond donors (Lipinski definition) is 14. The zero-order valence-electron chi connectivity index (χ0n) is 84.5. The molecular weight excluding hydrogens is 1770 g/mol. The Kier molecular flexibility index (Phi) is 56.4. The van der Waals surface area contributed by atoms with Gasteiger partial charge in [-0.1, -0.05) is 195 Å². The maximum atomic E-state index is 12.6. The SMILES string of the molecule is CC.CC.CC(C)C.CC(C)C.CC(C)C.CC(C)C(=O)C(C)C(NC(=O)c1ccc(NCc2cnc3nc(N)[nH]c(=O)c3n2)cc1)C(=O)O.CC(C)C(=O)C(NC(=O)c1ccc(NCc2cnc3nc(N)[nH]c(=O)c3n2)cc1)C(C)C(=O)O.CC(C)[Si](C)(O)O.CC(C)[Si]12OC(O1)O2.Cc1cc(C(=O)c2ccccc2)c(C)cc1OC(C)C.Cc1cccc(OC(C)C)c1C=O.OCO. The van der Waals surface area contributed by atoms with Gasteiger partial charge in [-0.05, 0) is 169 Å². The summed E-state index contributed by atoms with van der Waals surface area (Å²) in [5.41, 5.74) is 18.7. The van der Waals surface area contributed by atoms with E-state index in [1.165, 1.54) is 44.9 Å². The van der Waals surface area contributed by atoms with Crippen LogP contribution in [-0.2, 0) is 45.5 Å². The lowest BCUT2D eigenvalue weighted by molar-refractivity contribution is -0.395. The minimum Gasteiger partial charge on any atom is -0.491 e. The van der Waals surface area contributed by atoms with Crippen molar-refractivity contribution in [2.45, 2.75) is 269 Å². The predicted molar refractivity (Wildman–Crippen MR) is 535 cm³/mol. The summed E-state index contributed by atoms with van der Waals surface area (Å²) in [5, 5.41) is 44.2. The molecule has 2 bridgehead atoms. The molecule has 3 fully saturated rings. The normalized spacial score (nSPS) is 13.7. The largest absolute Gasteiger partial charge is 0.514 e. The highest BCUT2D eigenvalue weighted by Gasteiger charge is 2.70. The summed E-state index contributed by atoms with van der Waals surface area (Å²) in [4.78, 5) is 167. The summed E-state index contributed by atoms with van der Waals surface area (Å²) in [6.45, 7) is 59.5. The van der Waals surface area contributed by atoms with Crippen molar-refractivity contribution in [3.63, 3.8) is 0 Å². The van der Waals surface area contributed by atoms with Gasteiger partial charge in [0.25, 0.3) is 29.4 Å². The summed E-state index contributed by atoms with van der Waals surface area (Å²) >= 11 is 0. The van der Waals surface area contributed by atoms with E-state index in [0.717, 1.165) is 52.0 Å². The standard InChI is InChI=1S/2C22H25N7O5.C18H20O2.C11H14O2.C4H8O3Si.C4H12O2Si.3C4H10.2C2H6.CH4O2/c1-10(2)17(30)15(11(3)21(33)34)27-19(31)12-4-6-13(7-5-12)24-8-14-9-25-18-16(26-14)20(32)29-22(23)28-18;1-10(2)17(30)11(3)15(21(33)34)27-19(31)12-4-6-13(7-5-12)24-8-14-9-25-18-16(26-14)20(32)29-22(23)28-18;1-12(2)20-17-11-13(3)16(10-14(17)4)18(19)15-8-6-5-7-9-15;1-8(2)13-11-6-4-5-9(3)10(11)7-12;1-3(2)8-5-4(6-8)7-8;1-4(2)7(3,5)6;3*1-4(2)3;2*1-2;2-1-3/h2*4-7,9-11,15,24H,8H2,1-3H3,(H,27,31)(H,33,34)(H3,23,25,28,29,32);5-12H,1-4H3;4-8H,1-3H3;3-4H,1-2H3;4-6H,1-3H3;3*4H,1-3H3;2*1-2H3;2-3H,1H2. The van der Waals surface area contributed by atoms with Gasteiger partial charge >= 0.3 is 29.3 Å². The number of hydrogen-bond acceptors (Lipinski definition) is 29. The average molecular weight is 1920 g/mol. The molecule has 5 aromatic carbocycles. The number of benzene rings is 5. The molecule has 2 amide bonds. The minimum absolute atomic E-state index is 0.0425. The molecule has 37 heteroatoms. The number of aliphatic hydroxyl groups is 2. The lowest BCUT2D eigenvalue weighted by atomic mass is 9.90. The van der Waals surface area contributed by atoms with Crippen LogP contribution in [0.25, 0.3) is 22.3 Å². The molecule has 0 radical (unpaired) electrons. The molecule has 16 N–H and O–H groups in total. The third-order valence-corrected chi connectivity index (χ3v) is 23.0. The van der Waals surface area contributed by atoms with Gasteiger partial charge in [-0.3, -0.25) is 53.1 Å². The van der Waals surface area contributed by atoms with Crippen LogP contribution in [0.15, 0.2) is 131 Å². The molecule has 0 aliphatic carbocycles. The molecule has 9 aromatic rings. The number of H-pyrrole nitrogens is 2. The number of carboxylic acid groups (broad SMARTS) is 2. The van der Waals surface area contributed by atoms with Crippen molar-refractivity contribution in [3.05, 3.63) is 198 Å². The molecule has 4 atom stereocenters. The van der Waals surface area contributed by atoms with E-state index < -0.39 is 88.9 Å². The number of aryl methyl sites for hydroxylation is 3. The maximum Gasteiger partial charge on any atom is 0.514 e. The lowest BCUT2D eigenvalue weighted by Crippen LogP contribution is -2.77. The van der Waals surface area contributed by atoms with E-state index in [0.29, 0.717) is 45.2 Å². The number of nitrogens with one attached hydrogen (secondary N) is 6. The molecule has 35 nitrogen and oxygen atoms in total. The third kappa shape index (κ3) is 44.4. The van der Waals surface area contributed by atoms with Crippen LogP contribution in [-0.4, -0.2) is 172 Å². The van der Waals surface area contributed by atoms with E-state index in [-0.39, 0.29) is 106 Å². The first-order chi connectivity index (χ1) is 63.0. The molecule has 3 saturated heterocycles. The van der Waals surface area contributed by atoms with Gasteiger partial charge in [-0.2, -0.15) is 9.97 Å². The number of aliphatic carboxylic acids is 2. The van der Waals surface area contributed by atoms with Crippen molar-refractivity contribution >= 4 is 110 Å². The predicted octanol–water partition coefficient (Wildman–Crippen LogP) is 15.9. The number of fused-ring (bicyclic) bond motifs is 2. The number of nitrogens with zero attached hydrogens (tertiary/aromatic N) is 6. The Labute approximate surface area is 797 Å². The Morgan fingerprint density at radius 1 is 0.504 bits per heavy atom. The number of anilines is 4. The smallest absolute Gasteiger partial charge is 0.491 e. The molecule has 4 aromatic heterocycles. The van der Waals surface area contributed by atoms with Gasteiger partial charge in [0.1, 0.15) is 36.2 Å². The number of nitrogen functional groups attached to an aromatic ring is 2. The molecular formula is C98H150N14O21Si2. The molecule has 4 unspecified atom stereocenters. The number of aromatic nitrogens is 8. The Morgan fingerprint density at radius 2 is 0.889 bits per heavy atom. The number of carbonyl (C=O) groups is 8. The summed E-state index contributed by atoms with van der Waals surface area (Å²) < 4.78 is 26.8. The quantitative estimate of drug-likeness (QED) is 0.00984. The maximum absolute atomic E-state index is 12.6. The van der Waals surface area contributed by atoms with Crippen molar-refractivity contribution in [2.75, 3.05) is 28.9 Å². The van der Waals surface area contributed by atoms with Crippen LogP contribution in [0.3, 0.4) is 0 Å². The van der Waals surface area contributed by atoms with Gasteiger partial charge in [0.15, 0.2) is 40.2 Å². The highest BCUT2D eigenvalue weighted by Crippen LogP contribution is 2.47. The van der Waals surface area contributed by atoms with E-state index in [4.69, 9.17) is 54.0 Å². The fraction of sp³-hybridized carbons (Fsp3) is 0.490. The van der Waals surface area contributed by atoms with E-state index in [1.807, 2.05) is 151 Å². The van der Waals surface area contributed by atoms with Crippen LogP contribution in [0.2, 0.25) is 17.6 Å². The second kappa shape index (κ2) is 61.8. The molecule has 3 aliphatic rings. The van der Waals surface area contributed by atoms with E-state index in [9.17, 15) is 58.2 Å². The van der Waals surface area contributed by atoms with Crippen LogP contribution in [0.4, 0.5) is 23.3 Å². The molecule has 3 aliphatic heterocycles. The summed E-state index contributed by atoms with van der Waals surface area (Å²) in [6, 6.07) is 29.1. The van der Waals surface area contributed by atoms with Crippen molar-refractivity contribution in [3.8, 4) is 11.5 Å². The second-order valence-electron chi connectivity index (χ2n) is 34.7. The van der Waals surface area contributed by atoms with Gasteiger partial charge in [0.05, 0.1) is 60.6 Å². The number of ketones is 3. The number of carboxylic acids is 2. The zero-order valence-corrected chi connectivity index (χ0v) is 86.5. The first kappa shape index (κ1) is 123. The fourth-order valence-electron chi connectivity index (χ4n) is 10.6. The van der Waals surface area contributed by atoms with E-state index >= 15 is 0 Å². The van der Waals surface area contributed by atoms with Gasteiger partial charge < -0.3 is 85.5 Å². The molecule has 12 rings (SSSR count). The minimum atomic E-state index is -2.73. The van der Waals surface area contributed by atoms with Gasteiger partial charge in [0.2, 0.25) is 11.9 Å². The highest BCUT2D eigenvalue weighted by molar-refractivity contribution is 6.67. The van der Waals surface area contributed by atoms with Crippen molar-refractivity contribution < 1.29 is 91.1 Å². The number of aromatic amines is 2. The number of ether oxygens (including phenoxy) is 2. The van der Waals surface area contributed by atoms with E-state index in [1.54, 1.807) is 64.1 Å². The number of Topliss-reactive ketones (excluding diaryl/α,β-unsaturated/α-hetero) is 2. The Hall–Kier alpha value is -11.9. The number of aliphatic hydroxyl groups excluding tert-OH is 1. The van der Waals surface area contributed by atoms with Crippen LogP contribution < -0.4 is 53.3 Å². The Balaban J connectivity index is 0.00000163. The van der Waals surface area contributed by atoms with Gasteiger partial charge in [-0.15, -0.1) is 0 Å². The summed E-state index contributed by atoms with van der Waals surface area (Å²) in [7, 11) is -4.67. The Morgan fingerprint density at radius 3 is 1.21 bits per heavy atom. The van der Waals surface area contributed by atoms with E-state index in [2.05, 4.69) is 137 Å². The third-order valence-electron chi connectivity index (χ3n) is 17.8. The number of carbonyl (C=O) groups excluding carboxylic acids is 6. The van der Waals surface area contributed by atoms with Crippen LogP contribution in [0.1, 0.15) is 262 Å². The summed E-state index contributed by atoms with van der Waals surface area (Å²) in [6.07, 6.45) is 4.00. The molecule has 7 heterocycles. The molecule has 746 valence electrons. The fourth-order valence-corrected chi connectivity index (χ4v) is 12.3. The topological polar surface area (TPSA) is 547 Å². The first-order valence-corrected chi connectivity index (χ1v) is 49.5. The summed E-state index contributed by atoms with van der Waals surface area (Å²) in [5.74, 6) is -2.92. The van der Waals surface area contributed by atoms with Gasteiger partial charge in [0, 0.05) is 56.9 Å². The molecule has 135 heavy (non-hydrogen) atoms. The van der Waals surface area contributed by atoms with Gasteiger partial charge in [-0.25, -0.2) is 24.7 Å². The second-order valence-corrected chi connectivity index (χ2v) is 41.1. The van der Waals surface area contributed by atoms with Crippen LogP contribution in [0, 0.1) is 62.2 Å². The van der Waals surface area contributed by atoms with Crippen molar-refractivity contribution in [1.29, 1.82) is 0 Å². The van der Waals surface area contributed by atoms with Crippen molar-refractivity contribution in [2.24, 2.45) is 41.4 Å². The number of nitrogens with two attached hydrogens (primary N) is 2. The lowest BCUT2D eigenvalue weighted by Gasteiger charge is -2.57. The first-order valence-electron chi connectivity index (χ1n) is 45.2. The average Bonchev–Trinajstić information content (AvgIpc) is 0.716.